The molecule has 0 aliphatic rings. The molecular formula is C26H31NO6. The van der Waals surface area contributed by atoms with Crippen molar-refractivity contribution >= 4 is 23.2 Å². The summed E-state index contributed by atoms with van der Waals surface area (Å²) < 4.78 is 11.1. The number of carbonyl (C=O) groups excluding carboxylic acids is 1. The highest BCUT2D eigenvalue weighted by molar-refractivity contribution is 6.02. The third kappa shape index (κ3) is 6.62. The Labute approximate surface area is 194 Å². The van der Waals surface area contributed by atoms with Crippen LogP contribution < -0.4 is 14.8 Å². The van der Waals surface area contributed by atoms with Gasteiger partial charge in [-0.05, 0) is 79.8 Å². The van der Waals surface area contributed by atoms with Crippen LogP contribution in [0.5, 0.6) is 17.2 Å². The number of benzene rings is 2. The third-order valence-corrected chi connectivity index (χ3v) is 5.40. The third-order valence-electron chi connectivity index (χ3n) is 5.40. The summed E-state index contributed by atoms with van der Waals surface area (Å²) in [6.45, 7) is 6.96. The molecule has 0 aliphatic carbocycles. The Morgan fingerprint density at radius 2 is 1.64 bits per heavy atom. The van der Waals surface area contributed by atoms with E-state index in [1.54, 1.807) is 49.6 Å². The molecule has 7 nitrogen and oxygen atoms in total. The number of carbonyl (C=O) groups is 2. The van der Waals surface area contributed by atoms with Gasteiger partial charge in [-0.15, -0.1) is 0 Å². The molecule has 2 aromatic rings. The molecule has 2 aromatic carbocycles. The Kier molecular flexibility index (Phi) is 9.09. The number of hydrogen-bond acceptors (Lipinski definition) is 5. The van der Waals surface area contributed by atoms with Gasteiger partial charge in [-0.1, -0.05) is 19.9 Å². The lowest BCUT2D eigenvalue weighted by Crippen LogP contribution is -2.32. The molecule has 176 valence electrons. The molecule has 0 heterocycles. The van der Waals surface area contributed by atoms with Gasteiger partial charge in [0, 0.05) is 5.56 Å². The summed E-state index contributed by atoms with van der Waals surface area (Å²) in [6, 6.07) is 12.4. The topological polar surface area (TPSA) is 105 Å². The van der Waals surface area contributed by atoms with Crippen LogP contribution in [0, 0.1) is 5.92 Å². The Morgan fingerprint density at radius 3 is 2.18 bits per heavy atom. The van der Waals surface area contributed by atoms with Gasteiger partial charge in [0.25, 0.3) is 5.91 Å². The zero-order valence-electron chi connectivity index (χ0n) is 19.6. The first-order valence-corrected chi connectivity index (χ1v) is 10.7. The summed E-state index contributed by atoms with van der Waals surface area (Å²) in [4.78, 5) is 23.6. The summed E-state index contributed by atoms with van der Waals surface area (Å²) in [5.41, 5.74) is 2.19. The van der Waals surface area contributed by atoms with E-state index in [0.29, 0.717) is 29.0 Å². The second-order valence-electron chi connectivity index (χ2n) is 7.60. The Hall–Kier alpha value is -3.74. The summed E-state index contributed by atoms with van der Waals surface area (Å²) >= 11 is 0. The van der Waals surface area contributed by atoms with Crippen molar-refractivity contribution in [1.82, 2.24) is 5.32 Å². The zero-order chi connectivity index (χ0) is 24.5. The molecule has 0 fully saturated rings. The molecule has 1 amide bonds. The average molecular weight is 454 g/mol. The first-order chi connectivity index (χ1) is 15.7. The quantitative estimate of drug-likeness (QED) is 0.327. The van der Waals surface area contributed by atoms with Gasteiger partial charge >= 0.3 is 5.97 Å². The Morgan fingerprint density at radius 1 is 1.03 bits per heavy atom. The van der Waals surface area contributed by atoms with Crippen LogP contribution in [0.15, 0.2) is 54.1 Å². The van der Waals surface area contributed by atoms with E-state index in [-0.39, 0.29) is 17.3 Å². The fourth-order valence-electron chi connectivity index (χ4n) is 3.22. The summed E-state index contributed by atoms with van der Waals surface area (Å²) in [7, 11) is 1.59. The lowest BCUT2D eigenvalue weighted by molar-refractivity contribution is -0.137. The number of carboxylic acids is 1. The van der Waals surface area contributed by atoms with Gasteiger partial charge in [0.15, 0.2) is 0 Å². The maximum atomic E-state index is 12.7. The van der Waals surface area contributed by atoms with Gasteiger partial charge in [0.2, 0.25) is 0 Å². The van der Waals surface area contributed by atoms with Gasteiger partial charge in [-0.3, -0.25) is 9.59 Å². The largest absolute Gasteiger partial charge is 0.507 e. The van der Waals surface area contributed by atoms with Crippen molar-refractivity contribution in [2.24, 2.45) is 5.92 Å². The van der Waals surface area contributed by atoms with Crippen LogP contribution in [0.25, 0.3) is 11.3 Å². The van der Waals surface area contributed by atoms with Crippen LogP contribution in [-0.4, -0.2) is 35.7 Å². The number of carboxylic acid groups (broad SMARTS) is 1. The molecule has 1 unspecified atom stereocenters. The molecule has 0 bridgehead atoms. The molecule has 3 N–H and O–H groups in total. The molecule has 33 heavy (non-hydrogen) atoms. The first kappa shape index (κ1) is 25.5. The second-order valence-corrected chi connectivity index (χ2v) is 7.60. The van der Waals surface area contributed by atoms with Crippen LogP contribution in [0.4, 0.5) is 0 Å². The molecule has 1 atom stereocenters. The molecule has 0 saturated carbocycles. The molecule has 0 aromatic heterocycles. The average Bonchev–Trinajstić information content (AvgIpc) is 2.82. The molecule has 2 rings (SSSR count). The van der Waals surface area contributed by atoms with Crippen molar-refractivity contribution < 1.29 is 29.3 Å². The van der Waals surface area contributed by atoms with E-state index < -0.39 is 18.4 Å². The van der Waals surface area contributed by atoms with E-state index in [1.165, 1.54) is 0 Å². The number of aliphatic hydroxyl groups excluding tert-OH is 1. The van der Waals surface area contributed by atoms with Crippen molar-refractivity contribution in [3.63, 3.8) is 0 Å². The van der Waals surface area contributed by atoms with Crippen molar-refractivity contribution in [2.45, 2.75) is 34.1 Å². The van der Waals surface area contributed by atoms with Gasteiger partial charge in [-0.2, -0.15) is 0 Å². The predicted octanol–water partition coefficient (Wildman–Crippen LogP) is 5.43. The number of amides is 1. The molecule has 7 heteroatoms. The van der Waals surface area contributed by atoms with E-state index >= 15 is 0 Å². The van der Waals surface area contributed by atoms with E-state index in [4.69, 9.17) is 14.6 Å². The van der Waals surface area contributed by atoms with E-state index in [1.807, 2.05) is 33.8 Å². The highest BCUT2D eigenvalue weighted by Crippen LogP contribution is 2.34. The van der Waals surface area contributed by atoms with E-state index in [2.05, 4.69) is 5.32 Å². The number of ether oxygens (including phenoxy) is 2. The number of rotatable bonds is 10. The molecular weight excluding hydrogens is 422 g/mol. The number of nitrogens with one attached hydrogen (secondary N) is 1. The van der Waals surface area contributed by atoms with Crippen molar-refractivity contribution in [3.05, 3.63) is 65.2 Å². The SMILES string of the molecule is C/C=C(/C)c1cc(Oc2ccc(OC)cc2)ccc1/C(O)=C(/C(=O)NCC(=O)O)C(C)CC. The summed E-state index contributed by atoms with van der Waals surface area (Å²) in [6.07, 6.45) is 2.49. The van der Waals surface area contributed by atoms with Crippen molar-refractivity contribution in [3.8, 4) is 17.2 Å². The second kappa shape index (κ2) is 11.8. The fourth-order valence-corrected chi connectivity index (χ4v) is 3.22. The van der Waals surface area contributed by atoms with Crippen molar-refractivity contribution in [1.29, 1.82) is 0 Å². The Balaban J connectivity index is 2.52. The standard InChI is InChI=1S/C26H31NO6/c1-6-16(3)22-14-20(33-19-10-8-18(32-5)9-11-19)12-13-21(22)25(30)24(17(4)7-2)26(31)27-15-23(28)29/h6,8-14,17,30H,7,15H2,1-5H3,(H,27,31)(H,28,29)/b16-6-,25-24-. The minimum absolute atomic E-state index is 0.146. The first-order valence-electron chi connectivity index (χ1n) is 10.7. The summed E-state index contributed by atoms with van der Waals surface area (Å²) in [5.74, 6) is -0.318. The zero-order valence-corrected chi connectivity index (χ0v) is 19.6. The molecule has 0 saturated heterocycles. The maximum Gasteiger partial charge on any atom is 0.322 e. The fraction of sp³-hybridized carbons (Fsp3) is 0.308. The molecule has 0 aliphatic heterocycles. The van der Waals surface area contributed by atoms with E-state index in [9.17, 15) is 14.7 Å². The lowest BCUT2D eigenvalue weighted by Gasteiger charge is -2.19. The van der Waals surface area contributed by atoms with Gasteiger partial charge in [-0.25, -0.2) is 0 Å². The van der Waals surface area contributed by atoms with Gasteiger partial charge < -0.3 is 25.0 Å². The van der Waals surface area contributed by atoms with E-state index in [0.717, 1.165) is 11.3 Å². The lowest BCUT2D eigenvalue weighted by atomic mass is 9.90. The van der Waals surface area contributed by atoms with Crippen LogP contribution in [0.1, 0.15) is 45.2 Å². The maximum absolute atomic E-state index is 12.7. The minimum Gasteiger partial charge on any atom is -0.507 e. The van der Waals surface area contributed by atoms with Crippen molar-refractivity contribution in [2.75, 3.05) is 13.7 Å². The van der Waals surface area contributed by atoms with Crippen LogP contribution >= 0.6 is 0 Å². The minimum atomic E-state index is -1.16. The summed E-state index contributed by atoms with van der Waals surface area (Å²) in [5, 5.41) is 22.4. The molecule has 0 spiro atoms. The number of aliphatic hydroxyl groups is 1. The molecule has 0 radical (unpaired) electrons. The van der Waals surface area contributed by atoms with Crippen LogP contribution in [0.2, 0.25) is 0 Å². The van der Waals surface area contributed by atoms with Gasteiger partial charge in [0.05, 0.1) is 12.7 Å². The van der Waals surface area contributed by atoms with Crippen LogP contribution in [0.3, 0.4) is 0 Å². The monoisotopic (exact) mass is 453 g/mol. The van der Waals surface area contributed by atoms with Gasteiger partial charge in [0.1, 0.15) is 29.6 Å². The normalized spacial score (nSPS) is 13.1. The number of methoxy groups -OCH3 is 1. The predicted molar refractivity (Wildman–Crippen MR) is 128 cm³/mol. The number of allylic oxidation sites excluding steroid dienone is 2. The number of aliphatic carboxylic acids is 1. The number of hydrogen-bond donors (Lipinski definition) is 3. The Bertz CT molecular complexity index is 1050. The highest BCUT2D eigenvalue weighted by atomic mass is 16.5. The smallest absolute Gasteiger partial charge is 0.322 e. The van der Waals surface area contributed by atoms with Crippen LogP contribution in [-0.2, 0) is 9.59 Å². The highest BCUT2D eigenvalue weighted by Gasteiger charge is 2.24.